The lowest BCUT2D eigenvalue weighted by Gasteiger charge is -2.38. The number of aromatic nitrogens is 1. The molecule has 0 aliphatic carbocycles. The van der Waals surface area contributed by atoms with Gasteiger partial charge in [0.25, 0.3) is 0 Å². The predicted molar refractivity (Wildman–Crippen MR) is 110 cm³/mol. The number of benzene rings is 1. The van der Waals surface area contributed by atoms with Crippen molar-refractivity contribution in [2.24, 2.45) is 5.73 Å². The Morgan fingerprint density at radius 2 is 1.74 bits per heavy atom. The van der Waals surface area contributed by atoms with E-state index in [4.69, 9.17) is 10.3 Å². The highest BCUT2D eigenvalue weighted by atomic mass is 35.5. The molecular weight excluding hydrogens is 387 g/mol. The van der Waals surface area contributed by atoms with Gasteiger partial charge in [-0.25, -0.2) is 0 Å². The van der Waals surface area contributed by atoms with Gasteiger partial charge in [-0.15, -0.1) is 24.8 Å². The summed E-state index contributed by atoms with van der Waals surface area (Å²) in [5.41, 5.74) is 8.31. The van der Waals surface area contributed by atoms with E-state index in [0.717, 1.165) is 42.2 Å². The van der Waals surface area contributed by atoms with Gasteiger partial charge in [-0.2, -0.15) is 0 Å². The van der Waals surface area contributed by atoms with Crippen LogP contribution in [0, 0.1) is 13.8 Å². The summed E-state index contributed by atoms with van der Waals surface area (Å²) in [6.07, 6.45) is 0. The van der Waals surface area contributed by atoms with E-state index in [-0.39, 0.29) is 30.7 Å². The van der Waals surface area contributed by atoms with Crippen LogP contribution in [0.1, 0.15) is 29.5 Å². The molecule has 1 amide bonds. The average Bonchev–Trinajstić information content (AvgIpc) is 2.94. The molecule has 0 spiro atoms. The third-order valence-electron chi connectivity index (χ3n) is 5.04. The number of aryl methyl sites for hydroxylation is 2. The number of nitrogens with zero attached hydrogens (tertiary/aromatic N) is 3. The molecule has 150 valence electrons. The van der Waals surface area contributed by atoms with Crippen LogP contribution in [0.25, 0.3) is 0 Å². The first-order chi connectivity index (χ1) is 11.9. The Hall–Kier alpha value is -1.60. The molecular formula is C19H28Cl2N4O2. The standard InChI is InChI=1S/C19H26N4O2.2ClH/c1-14-17(15(2)25-21-14)13-22-9-11-23(12-10-22)18(24)19(3,20)16-7-5-4-6-8-16;;/h4-8H,9-13,20H2,1-3H3;2*1H. The first kappa shape index (κ1) is 23.4. The third-order valence-corrected chi connectivity index (χ3v) is 5.04. The van der Waals surface area contributed by atoms with Gasteiger partial charge in [-0.3, -0.25) is 9.69 Å². The van der Waals surface area contributed by atoms with E-state index in [1.54, 1.807) is 6.92 Å². The number of rotatable bonds is 4. The Morgan fingerprint density at radius 3 is 2.26 bits per heavy atom. The van der Waals surface area contributed by atoms with Crippen molar-refractivity contribution in [2.75, 3.05) is 26.2 Å². The summed E-state index contributed by atoms with van der Waals surface area (Å²) in [7, 11) is 0. The molecule has 2 N–H and O–H groups in total. The molecule has 0 saturated carbocycles. The quantitative estimate of drug-likeness (QED) is 0.831. The summed E-state index contributed by atoms with van der Waals surface area (Å²) in [6.45, 7) is 9.51. The zero-order valence-corrected chi connectivity index (χ0v) is 17.6. The van der Waals surface area contributed by atoms with Crippen molar-refractivity contribution in [3.8, 4) is 0 Å². The average molecular weight is 415 g/mol. The molecule has 2 aromatic rings. The van der Waals surface area contributed by atoms with Crippen molar-refractivity contribution < 1.29 is 9.32 Å². The van der Waals surface area contributed by atoms with E-state index in [1.807, 2.05) is 49.1 Å². The summed E-state index contributed by atoms with van der Waals surface area (Å²) in [4.78, 5) is 17.1. The SMILES string of the molecule is Cc1noc(C)c1CN1CCN(C(=O)C(C)(N)c2ccccc2)CC1.Cl.Cl. The van der Waals surface area contributed by atoms with E-state index in [9.17, 15) is 4.79 Å². The van der Waals surface area contributed by atoms with Crippen LogP contribution in [0.15, 0.2) is 34.9 Å². The minimum Gasteiger partial charge on any atom is -0.361 e. The van der Waals surface area contributed by atoms with Crippen molar-refractivity contribution >= 4 is 30.7 Å². The minimum atomic E-state index is -0.995. The van der Waals surface area contributed by atoms with Gasteiger partial charge in [-0.05, 0) is 26.3 Å². The molecule has 6 nitrogen and oxygen atoms in total. The lowest BCUT2D eigenvalue weighted by Crippen LogP contribution is -2.56. The molecule has 1 fully saturated rings. The Bertz CT molecular complexity index is 722. The molecule has 1 saturated heterocycles. The number of carbonyl (C=O) groups excluding carboxylic acids is 1. The zero-order valence-electron chi connectivity index (χ0n) is 16.0. The molecule has 3 rings (SSSR count). The number of carbonyl (C=O) groups is 1. The smallest absolute Gasteiger partial charge is 0.247 e. The van der Waals surface area contributed by atoms with Crippen LogP contribution in [0.2, 0.25) is 0 Å². The third kappa shape index (κ3) is 5.02. The van der Waals surface area contributed by atoms with Gasteiger partial charge in [0.2, 0.25) is 5.91 Å². The van der Waals surface area contributed by atoms with Gasteiger partial charge in [-0.1, -0.05) is 35.5 Å². The Labute approximate surface area is 172 Å². The highest BCUT2D eigenvalue weighted by Gasteiger charge is 2.35. The minimum absolute atomic E-state index is 0. The highest BCUT2D eigenvalue weighted by Crippen LogP contribution is 2.22. The molecule has 1 aromatic heterocycles. The van der Waals surface area contributed by atoms with Crippen molar-refractivity contribution in [3.63, 3.8) is 0 Å². The molecule has 1 aromatic carbocycles. The summed E-state index contributed by atoms with van der Waals surface area (Å²) >= 11 is 0. The van der Waals surface area contributed by atoms with E-state index in [1.165, 1.54) is 0 Å². The van der Waals surface area contributed by atoms with Gasteiger partial charge >= 0.3 is 0 Å². The van der Waals surface area contributed by atoms with Crippen molar-refractivity contribution in [1.82, 2.24) is 15.0 Å². The Kier molecular flexibility index (Phi) is 8.29. The van der Waals surface area contributed by atoms with Crippen LogP contribution in [0.3, 0.4) is 0 Å². The predicted octanol–water partition coefficient (Wildman–Crippen LogP) is 2.65. The molecule has 1 atom stereocenters. The summed E-state index contributed by atoms with van der Waals surface area (Å²) in [5.74, 6) is 0.852. The van der Waals surface area contributed by atoms with Crippen LogP contribution < -0.4 is 5.73 Å². The molecule has 2 heterocycles. The van der Waals surface area contributed by atoms with Crippen molar-refractivity contribution in [3.05, 3.63) is 52.9 Å². The fraction of sp³-hybridized carbons (Fsp3) is 0.474. The second-order valence-corrected chi connectivity index (χ2v) is 6.94. The molecule has 8 heteroatoms. The van der Waals surface area contributed by atoms with Crippen LogP contribution in [0.5, 0.6) is 0 Å². The molecule has 0 radical (unpaired) electrons. The number of hydrogen-bond donors (Lipinski definition) is 1. The van der Waals surface area contributed by atoms with Crippen molar-refractivity contribution in [2.45, 2.75) is 32.9 Å². The first-order valence-corrected chi connectivity index (χ1v) is 8.67. The van der Waals surface area contributed by atoms with E-state index in [0.29, 0.717) is 13.1 Å². The summed E-state index contributed by atoms with van der Waals surface area (Å²) < 4.78 is 5.23. The van der Waals surface area contributed by atoms with Gasteiger partial charge in [0, 0.05) is 38.3 Å². The van der Waals surface area contributed by atoms with Crippen LogP contribution >= 0.6 is 24.8 Å². The van der Waals surface area contributed by atoms with Crippen molar-refractivity contribution in [1.29, 1.82) is 0 Å². The summed E-state index contributed by atoms with van der Waals surface area (Å²) in [6, 6.07) is 9.57. The second-order valence-electron chi connectivity index (χ2n) is 6.94. The number of amides is 1. The highest BCUT2D eigenvalue weighted by molar-refractivity contribution is 5.87. The van der Waals surface area contributed by atoms with Crippen LogP contribution in [-0.2, 0) is 16.9 Å². The van der Waals surface area contributed by atoms with Crippen LogP contribution in [0.4, 0.5) is 0 Å². The molecule has 1 unspecified atom stereocenters. The lowest BCUT2D eigenvalue weighted by atomic mass is 9.91. The normalized spacial score (nSPS) is 16.8. The molecule has 1 aliphatic heterocycles. The number of nitrogens with two attached hydrogens (primary N) is 1. The first-order valence-electron chi connectivity index (χ1n) is 8.67. The monoisotopic (exact) mass is 414 g/mol. The van der Waals surface area contributed by atoms with E-state index < -0.39 is 5.54 Å². The zero-order chi connectivity index (χ0) is 18.0. The van der Waals surface area contributed by atoms with Gasteiger partial charge in [0.15, 0.2) is 0 Å². The van der Waals surface area contributed by atoms with Crippen LogP contribution in [-0.4, -0.2) is 47.0 Å². The maximum atomic E-state index is 12.9. The number of piperazine rings is 1. The van der Waals surface area contributed by atoms with Gasteiger partial charge in [0.1, 0.15) is 11.3 Å². The fourth-order valence-corrected chi connectivity index (χ4v) is 3.30. The Balaban J connectivity index is 0.00000182. The second kappa shape index (κ2) is 9.55. The van der Waals surface area contributed by atoms with E-state index >= 15 is 0 Å². The van der Waals surface area contributed by atoms with E-state index in [2.05, 4.69) is 10.1 Å². The summed E-state index contributed by atoms with van der Waals surface area (Å²) in [5, 5.41) is 4.01. The molecule has 27 heavy (non-hydrogen) atoms. The largest absolute Gasteiger partial charge is 0.361 e. The maximum Gasteiger partial charge on any atom is 0.247 e. The molecule has 1 aliphatic rings. The van der Waals surface area contributed by atoms with Gasteiger partial charge < -0.3 is 15.2 Å². The maximum absolute atomic E-state index is 12.9. The molecule has 0 bridgehead atoms. The number of hydrogen-bond acceptors (Lipinski definition) is 5. The number of halogens is 2. The van der Waals surface area contributed by atoms with Gasteiger partial charge in [0.05, 0.1) is 5.69 Å². The fourth-order valence-electron chi connectivity index (χ4n) is 3.30. The lowest BCUT2D eigenvalue weighted by molar-refractivity contribution is -0.138. The Morgan fingerprint density at radius 1 is 1.15 bits per heavy atom. The topological polar surface area (TPSA) is 75.6 Å².